The lowest BCUT2D eigenvalue weighted by atomic mass is 10.0. The largest absolute Gasteiger partial charge is 0.328 e. The number of hydrogen-bond acceptors (Lipinski definition) is 6. The van der Waals surface area contributed by atoms with Crippen LogP contribution in [-0.4, -0.2) is 46.7 Å². The number of nitrogens with two attached hydrogens (primary N) is 1. The van der Waals surface area contributed by atoms with Gasteiger partial charge in [0.1, 0.15) is 6.04 Å². The molecule has 30 heavy (non-hydrogen) atoms. The molecule has 0 radical (unpaired) electrons. The highest BCUT2D eigenvalue weighted by Gasteiger charge is 2.45. The van der Waals surface area contributed by atoms with E-state index in [2.05, 4.69) is 10.6 Å². The Labute approximate surface area is 174 Å². The maximum Gasteiger partial charge on any atom is 0.262 e. The Bertz CT molecular complexity index is 931. The molecule has 0 aromatic heterocycles. The molecular weight excluding hydrogens is 384 g/mol. The van der Waals surface area contributed by atoms with Crippen molar-refractivity contribution in [3.8, 4) is 0 Å². The number of amides is 4. The second-order valence-electron chi connectivity index (χ2n) is 9.09. The molecule has 3 fully saturated rings. The minimum absolute atomic E-state index is 0.117. The topological polar surface area (TPSA) is 122 Å². The molecule has 4 amide bonds. The second kappa shape index (κ2) is 7.28. The smallest absolute Gasteiger partial charge is 0.262 e. The SMILES string of the molecule is NC1CC2CC(NCc3cccc4c3C(=O)N(C3CCC(=O)NC3=O)C4=O)CC2C1. The molecule has 1 aromatic rings. The molecule has 1 aromatic carbocycles. The van der Waals surface area contributed by atoms with Gasteiger partial charge in [-0.2, -0.15) is 0 Å². The number of hydrogen-bond donors (Lipinski definition) is 3. The maximum absolute atomic E-state index is 13.1. The highest BCUT2D eigenvalue weighted by molar-refractivity contribution is 6.24. The molecule has 2 aliphatic carbocycles. The molecule has 4 N–H and O–H groups in total. The van der Waals surface area contributed by atoms with Gasteiger partial charge in [-0.1, -0.05) is 12.1 Å². The number of carbonyl (C=O) groups is 4. The van der Waals surface area contributed by atoms with E-state index in [0.717, 1.165) is 36.1 Å². The van der Waals surface area contributed by atoms with Gasteiger partial charge in [0.2, 0.25) is 11.8 Å². The summed E-state index contributed by atoms with van der Waals surface area (Å²) >= 11 is 0. The van der Waals surface area contributed by atoms with E-state index in [4.69, 9.17) is 5.73 Å². The summed E-state index contributed by atoms with van der Waals surface area (Å²) in [5.41, 5.74) is 7.55. The average Bonchev–Trinajstić information content (AvgIpc) is 3.31. The fourth-order valence-electron chi connectivity index (χ4n) is 5.82. The van der Waals surface area contributed by atoms with Gasteiger partial charge in [-0.05, 0) is 55.6 Å². The average molecular weight is 410 g/mol. The molecule has 2 aliphatic heterocycles. The zero-order valence-corrected chi connectivity index (χ0v) is 16.7. The predicted molar refractivity (Wildman–Crippen MR) is 107 cm³/mol. The number of benzene rings is 1. The Kier molecular flexibility index (Phi) is 4.71. The first-order valence-corrected chi connectivity index (χ1v) is 10.7. The number of nitrogens with one attached hydrogen (secondary N) is 2. The molecular formula is C22H26N4O4. The van der Waals surface area contributed by atoms with Crippen molar-refractivity contribution in [3.63, 3.8) is 0 Å². The maximum atomic E-state index is 13.1. The van der Waals surface area contributed by atoms with Gasteiger partial charge in [-0.3, -0.25) is 29.4 Å². The molecule has 1 saturated heterocycles. The van der Waals surface area contributed by atoms with Crippen LogP contribution in [0.4, 0.5) is 0 Å². The lowest BCUT2D eigenvalue weighted by Gasteiger charge is -2.27. The van der Waals surface area contributed by atoms with Crippen LogP contribution in [0, 0.1) is 11.8 Å². The van der Waals surface area contributed by atoms with E-state index in [1.165, 1.54) is 0 Å². The van der Waals surface area contributed by atoms with E-state index in [-0.39, 0.29) is 18.7 Å². The quantitative estimate of drug-likeness (QED) is 0.628. The first-order valence-electron chi connectivity index (χ1n) is 10.7. The zero-order valence-electron chi connectivity index (χ0n) is 16.7. The van der Waals surface area contributed by atoms with Crippen LogP contribution in [0.5, 0.6) is 0 Å². The fraction of sp³-hybridized carbons (Fsp3) is 0.545. The van der Waals surface area contributed by atoms with Crippen LogP contribution in [0.1, 0.15) is 64.8 Å². The molecule has 158 valence electrons. The van der Waals surface area contributed by atoms with E-state index in [0.29, 0.717) is 41.6 Å². The fourth-order valence-corrected chi connectivity index (χ4v) is 5.82. The molecule has 2 saturated carbocycles. The van der Waals surface area contributed by atoms with Gasteiger partial charge in [-0.25, -0.2) is 0 Å². The molecule has 0 bridgehead atoms. The van der Waals surface area contributed by atoms with Crippen molar-refractivity contribution in [1.29, 1.82) is 0 Å². The Morgan fingerprint density at radius 3 is 2.47 bits per heavy atom. The van der Waals surface area contributed by atoms with Gasteiger partial charge < -0.3 is 11.1 Å². The summed E-state index contributed by atoms with van der Waals surface area (Å²) in [5, 5.41) is 5.80. The minimum atomic E-state index is -0.936. The van der Waals surface area contributed by atoms with Crippen LogP contribution in [0.3, 0.4) is 0 Å². The lowest BCUT2D eigenvalue weighted by molar-refractivity contribution is -0.136. The molecule has 8 nitrogen and oxygen atoms in total. The van der Waals surface area contributed by atoms with E-state index >= 15 is 0 Å². The van der Waals surface area contributed by atoms with Crippen molar-refractivity contribution >= 4 is 23.6 Å². The third kappa shape index (κ3) is 3.15. The highest BCUT2D eigenvalue weighted by atomic mass is 16.2. The first-order chi connectivity index (χ1) is 14.4. The highest BCUT2D eigenvalue weighted by Crippen LogP contribution is 2.43. The van der Waals surface area contributed by atoms with Crippen LogP contribution in [-0.2, 0) is 16.1 Å². The van der Waals surface area contributed by atoms with Crippen LogP contribution in [0.15, 0.2) is 18.2 Å². The Hall–Kier alpha value is -2.58. The third-order valence-electron chi connectivity index (χ3n) is 7.19. The molecule has 0 spiro atoms. The number of imide groups is 2. The molecule has 5 rings (SSSR count). The summed E-state index contributed by atoms with van der Waals surface area (Å²) in [5.74, 6) is -0.501. The van der Waals surface area contributed by atoms with Crippen LogP contribution in [0.25, 0.3) is 0 Å². The van der Waals surface area contributed by atoms with Gasteiger partial charge in [-0.15, -0.1) is 0 Å². The van der Waals surface area contributed by atoms with Crippen molar-refractivity contribution in [2.24, 2.45) is 17.6 Å². The van der Waals surface area contributed by atoms with Gasteiger partial charge in [0.15, 0.2) is 0 Å². The van der Waals surface area contributed by atoms with E-state index in [1.54, 1.807) is 12.1 Å². The third-order valence-corrected chi connectivity index (χ3v) is 7.19. The summed E-state index contributed by atoms with van der Waals surface area (Å²) in [7, 11) is 0. The van der Waals surface area contributed by atoms with E-state index in [1.807, 2.05) is 6.07 Å². The normalized spacial score (nSPS) is 33.1. The Morgan fingerprint density at radius 2 is 1.77 bits per heavy atom. The van der Waals surface area contributed by atoms with Crippen molar-refractivity contribution in [1.82, 2.24) is 15.5 Å². The van der Waals surface area contributed by atoms with Crippen LogP contribution >= 0.6 is 0 Å². The van der Waals surface area contributed by atoms with Gasteiger partial charge in [0.25, 0.3) is 11.8 Å². The van der Waals surface area contributed by atoms with Crippen molar-refractivity contribution in [2.75, 3.05) is 0 Å². The van der Waals surface area contributed by atoms with Gasteiger partial charge in [0, 0.05) is 25.0 Å². The zero-order chi connectivity index (χ0) is 21.0. The summed E-state index contributed by atoms with van der Waals surface area (Å²) in [6.07, 6.45) is 4.67. The molecule has 3 unspecified atom stereocenters. The summed E-state index contributed by atoms with van der Waals surface area (Å²) in [6, 6.07) is 5.05. The predicted octanol–water partition coefficient (Wildman–Crippen LogP) is 0.693. The second-order valence-corrected chi connectivity index (χ2v) is 9.09. The van der Waals surface area contributed by atoms with Crippen LogP contribution < -0.4 is 16.4 Å². The van der Waals surface area contributed by atoms with Gasteiger partial charge in [0.05, 0.1) is 11.1 Å². The number of nitrogens with zero attached hydrogens (tertiary/aromatic N) is 1. The Morgan fingerprint density at radius 1 is 1.03 bits per heavy atom. The van der Waals surface area contributed by atoms with Crippen LogP contribution in [0.2, 0.25) is 0 Å². The summed E-state index contributed by atoms with van der Waals surface area (Å²) in [6.45, 7) is 0.502. The summed E-state index contributed by atoms with van der Waals surface area (Å²) < 4.78 is 0. The van der Waals surface area contributed by atoms with Crippen molar-refractivity contribution < 1.29 is 19.2 Å². The molecule has 3 atom stereocenters. The van der Waals surface area contributed by atoms with Crippen molar-refractivity contribution in [3.05, 3.63) is 34.9 Å². The molecule has 4 aliphatic rings. The minimum Gasteiger partial charge on any atom is -0.328 e. The van der Waals surface area contributed by atoms with E-state index < -0.39 is 23.8 Å². The molecule has 8 heteroatoms. The van der Waals surface area contributed by atoms with Crippen molar-refractivity contribution in [2.45, 2.75) is 63.2 Å². The standard InChI is InChI=1S/C22H26N4O4/c23-14-6-12-8-15(9-13(12)7-14)24-10-11-2-1-3-16-19(11)22(30)26(21(16)29)17-4-5-18(27)25-20(17)28/h1-3,12-15,17,24H,4-10,23H2,(H,25,27,28). The number of rotatable bonds is 4. The monoisotopic (exact) mass is 410 g/mol. The first kappa shape index (κ1) is 19.4. The Balaban J connectivity index is 1.31. The number of fused-ring (bicyclic) bond motifs is 2. The lowest BCUT2D eigenvalue weighted by Crippen LogP contribution is -2.54. The molecule has 2 heterocycles. The summed E-state index contributed by atoms with van der Waals surface area (Å²) in [4.78, 5) is 50.8. The number of piperidine rings is 1. The van der Waals surface area contributed by atoms with E-state index in [9.17, 15) is 19.2 Å². The number of carbonyl (C=O) groups excluding carboxylic acids is 4. The van der Waals surface area contributed by atoms with Gasteiger partial charge >= 0.3 is 0 Å².